The highest BCUT2D eigenvalue weighted by Gasteiger charge is 2.21. The van der Waals surface area contributed by atoms with Gasteiger partial charge in [0.05, 0.1) is 19.8 Å². The van der Waals surface area contributed by atoms with Crippen LogP contribution in [0, 0.1) is 5.92 Å². The highest BCUT2D eigenvalue weighted by molar-refractivity contribution is 5.93. The number of nitrogens with zero attached hydrogens (tertiary/aromatic N) is 3. The van der Waals surface area contributed by atoms with Crippen LogP contribution in [-0.4, -0.2) is 54.6 Å². The summed E-state index contributed by atoms with van der Waals surface area (Å²) in [7, 11) is 3.25. The monoisotopic (exact) mass is 384 g/mol. The van der Waals surface area contributed by atoms with Gasteiger partial charge in [-0.05, 0) is 42.9 Å². The van der Waals surface area contributed by atoms with E-state index in [9.17, 15) is 4.79 Å². The number of ether oxygens (including phenoxy) is 2. The van der Waals surface area contributed by atoms with Crippen molar-refractivity contribution in [2.24, 2.45) is 5.92 Å². The molecule has 28 heavy (non-hydrogen) atoms. The Hall–Kier alpha value is -2.83. The lowest BCUT2D eigenvalue weighted by Gasteiger charge is -2.30. The minimum Gasteiger partial charge on any atom is -0.493 e. The van der Waals surface area contributed by atoms with Gasteiger partial charge in [-0.2, -0.15) is 0 Å². The number of hydrogen-bond donors (Lipinski definition) is 1. The molecule has 1 fully saturated rings. The number of carbonyl (C=O) groups is 1. The van der Waals surface area contributed by atoms with E-state index in [0.29, 0.717) is 35.5 Å². The van der Waals surface area contributed by atoms with Gasteiger partial charge in [0.25, 0.3) is 5.91 Å². The number of nitrogens with one attached hydrogen (secondary N) is 1. The van der Waals surface area contributed by atoms with Gasteiger partial charge < -0.3 is 19.7 Å². The molecule has 7 nitrogen and oxygen atoms in total. The minimum atomic E-state index is 0.0174. The van der Waals surface area contributed by atoms with Crippen molar-refractivity contribution >= 4 is 11.9 Å². The molecule has 0 spiro atoms. The fraction of sp³-hybridized carbons (Fsp3) is 0.476. The third kappa shape index (κ3) is 4.91. The van der Waals surface area contributed by atoms with Crippen molar-refractivity contribution in [2.45, 2.75) is 26.2 Å². The third-order valence-electron chi connectivity index (χ3n) is 5.11. The van der Waals surface area contributed by atoms with Crippen molar-refractivity contribution in [3.05, 3.63) is 41.7 Å². The maximum atomic E-state index is 12.5. The van der Waals surface area contributed by atoms with Gasteiger partial charge in [-0.3, -0.25) is 4.79 Å². The first kappa shape index (κ1) is 19.9. The fourth-order valence-electron chi connectivity index (χ4n) is 3.28. The number of methoxy groups -OCH3 is 2. The van der Waals surface area contributed by atoms with Crippen LogP contribution in [0.2, 0.25) is 0 Å². The molecular formula is C21H28N4O3. The Morgan fingerprint density at radius 2 is 1.82 bits per heavy atom. The molecular weight excluding hydrogens is 356 g/mol. The lowest BCUT2D eigenvalue weighted by molar-refractivity contribution is 0.0696. The Labute approximate surface area is 166 Å². The molecule has 150 valence electrons. The second kappa shape index (κ2) is 9.39. The summed E-state index contributed by atoms with van der Waals surface area (Å²) in [5.41, 5.74) is 1.66. The normalized spacial score (nSPS) is 14.6. The first-order valence-electron chi connectivity index (χ1n) is 9.66. The molecule has 1 N–H and O–H groups in total. The van der Waals surface area contributed by atoms with Crippen LogP contribution in [0.3, 0.4) is 0 Å². The Kier molecular flexibility index (Phi) is 6.68. The van der Waals surface area contributed by atoms with Crippen LogP contribution in [0.25, 0.3) is 0 Å². The second-order valence-electron chi connectivity index (χ2n) is 7.14. The molecule has 7 heteroatoms. The summed E-state index contributed by atoms with van der Waals surface area (Å²) in [5.74, 6) is 2.66. The molecule has 0 atom stereocenters. The first-order chi connectivity index (χ1) is 13.6. The molecule has 1 saturated heterocycles. The van der Waals surface area contributed by atoms with Gasteiger partial charge in [-0.25, -0.2) is 9.97 Å². The van der Waals surface area contributed by atoms with Crippen LogP contribution in [0.1, 0.15) is 35.7 Å². The number of carbonyl (C=O) groups excluding carboxylic acids is 1. The molecule has 1 aliphatic rings. The van der Waals surface area contributed by atoms with Crippen LogP contribution in [0.15, 0.2) is 30.6 Å². The molecule has 2 heterocycles. The average molecular weight is 384 g/mol. The van der Waals surface area contributed by atoms with Crippen LogP contribution >= 0.6 is 0 Å². The van der Waals surface area contributed by atoms with E-state index in [1.807, 2.05) is 23.1 Å². The van der Waals surface area contributed by atoms with Crippen molar-refractivity contribution in [1.82, 2.24) is 14.9 Å². The van der Waals surface area contributed by atoms with Crippen molar-refractivity contribution in [3.8, 4) is 11.5 Å². The molecule has 3 rings (SSSR count). The molecule has 1 aliphatic heterocycles. The van der Waals surface area contributed by atoms with Crippen LogP contribution < -0.4 is 14.8 Å². The molecule has 2 aromatic rings. The second-order valence-corrected chi connectivity index (χ2v) is 7.14. The number of aromatic nitrogens is 2. The summed E-state index contributed by atoms with van der Waals surface area (Å²) < 4.78 is 10.6. The van der Waals surface area contributed by atoms with Gasteiger partial charge in [-0.1, -0.05) is 13.0 Å². The maximum absolute atomic E-state index is 12.5. The highest BCUT2D eigenvalue weighted by atomic mass is 16.5. The summed E-state index contributed by atoms with van der Waals surface area (Å²) in [5, 5.41) is 3.19. The minimum absolute atomic E-state index is 0.0174. The molecule has 0 radical (unpaired) electrons. The molecule has 1 aromatic heterocycles. The first-order valence-corrected chi connectivity index (χ1v) is 9.66. The molecule has 0 saturated carbocycles. The van der Waals surface area contributed by atoms with E-state index in [0.717, 1.165) is 37.9 Å². The molecule has 1 amide bonds. The lowest BCUT2D eigenvalue weighted by atomic mass is 9.99. The topological polar surface area (TPSA) is 76.6 Å². The number of amides is 1. The number of piperidine rings is 1. The Morgan fingerprint density at radius 1 is 1.14 bits per heavy atom. The predicted molar refractivity (Wildman–Crippen MR) is 108 cm³/mol. The van der Waals surface area contributed by atoms with E-state index in [4.69, 9.17) is 9.47 Å². The van der Waals surface area contributed by atoms with Gasteiger partial charge in [0.15, 0.2) is 11.5 Å². The Bertz CT molecular complexity index is 787. The molecule has 1 aromatic carbocycles. The fourth-order valence-corrected chi connectivity index (χ4v) is 3.28. The van der Waals surface area contributed by atoms with Gasteiger partial charge in [0.1, 0.15) is 0 Å². The van der Waals surface area contributed by atoms with E-state index in [2.05, 4.69) is 22.2 Å². The highest BCUT2D eigenvalue weighted by Crippen LogP contribution is 2.27. The van der Waals surface area contributed by atoms with Gasteiger partial charge >= 0.3 is 0 Å². The number of anilines is 1. The van der Waals surface area contributed by atoms with Crippen molar-refractivity contribution < 1.29 is 14.3 Å². The average Bonchev–Trinajstić information content (AvgIpc) is 2.74. The van der Waals surface area contributed by atoms with Gasteiger partial charge in [0.2, 0.25) is 5.95 Å². The van der Waals surface area contributed by atoms with Crippen molar-refractivity contribution in [2.75, 3.05) is 39.2 Å². The summed E-state index contributed by atoms with van der Waals surface area (Å²) >= 11 is 0. The number of rotatable bonds is 7. The number of hydrogen-bond acceptors (Lipinski definition) is 6. The van der Waals surface area contributed by atoms with E-state index in [1.54, 1.807) is 26.6 Å². The zero-order valence-electron chi connectivity index (χ0n) is 16.8. The van der Waals surface area contributed by atoms with E-state index in [1.165, 1.54) is 0 Å². The molecule has 0 aliphatic carbocycles. The number of benzene rings is 1. The third-order valence-corrected chi connectivity index (χ3v) is 5.11. The SMILES string of the molecule is COc1ccc(CCNc2ncc(C(=O)N3CCC(C)CC3)cn2)cc1OC. The quantitative estimate of drug-likeness (QED) is 0.791. The molecule has 0 bridgehead atoms. The summed E-state index contributed by atoms with van der Waals surface area (Å²) in [4.78, 5) is 23.0. The summed E-state index contributed by atoms with van der Waals surface area (Å²) in [6, 6.07) is 5.86. The largest absolute Gasteiger partial charge is 0.493 e. The van der Waals surface area contributed by atoms with Gasteiger partial charge in [-0.15, -0.1) is 0 Å². The van der Waals surface area contributed by atoms with Crippen molar-refractivity contribution in [1.29, 1.82) is 0 Å². The van der Waals surface area contributed by atoms with E-state index >= 15 is 0 Å². The molecule has 0 unspecified atom stereocenters. The maximum Gasteiger partial charge on any atom is 0.256 e. The van der Waals surface area contributed by atoms with Crippen LogP contribution in [0.4, 0.5) is 5.95 Å². The summed E-state index contributed by atoms with van der Waals surface area (Å²) in [6.45, 7) is 4.52. The standard InChI is InChI=1S/C21H28N4O3/c1-15-7-10-25(11-8-15)20(26)17-13-23-21(24-14-17)22-9-6-16-4-5-18(27-2)19(12-16)28-3/h4-5,12-15H,6-11H2,1-3H3,(H,22,23,24). The smallest absolute Gasteiger partial charge is 0.256 e. The number of likely N-dealkylation sites (tertiary alicyclic amines) is 1. The van der Waals surface area contributed by atoms with E-state index in [-0.39, 0.29) is 5.91 Å². The summed E-state index contributed by atoms with van der Waals surface area (Å²) in [6.07, 6.45) is 6.11. The zero-order valence-corrected chi connectivity index (χ0v) is 16.8. The zero-order chi connectivity index (χ0) is 19.9. The van der Waals surface area contributed by atoms with E-state index < -0.39 is 0 Å². The van der Waals surface area contributed by atoms with Crippen LogP contribution in [0.5, 0.6) is 11.5 Å². The Morgan fingerprint density at radius 3 is 2.46 bits per heavy atom. The lowest BCUT2D eigenvalue weighted by Crippen LogP contribution is -2.38. The Balaban J connectivity index is 1.51. The van der Waals surface area contributed by atoms with Crippen molar-refractivity contribution in [3.63, 3.8) is 0 Å². The van der Waals surface area contributed by atoms with Crippen LogP contribution in [-0.2, 0) is 6.42 Å². The van der Waals surface area contributed by atoms with Gasteiger partial charge in [0, 0.05) is 32.0 Å². The predicted octanol–water partition coefficient (Wildman–Crippen LogP) is 3.02.